The number of nitrogens with zero attached hydrogens (tertiary/aromatic N) is 1. The average Bonchev–Trinajstić information content (AvgIpc) is 2.79. The highest BCUT2D eigenvalue weighted by Crippen LogP contribution is 2.22. The highest BCUT2D eigenvalue weighted by atomic mass is 32.2. The molecule has 0 bridgehead atoms. The van der Waals surface area contributed by atoms with Gasteiger partial charge in [-0.05, 0) is 43.0 Å². The second-order valence-electron chi connectivity index (χ2n) is 7.87. The number of phenols is 1. The van der Waals surface area contributed by atoms with Crippen LogP contribution in [0.2, 0.25) is 0 Å². The predicted molar refractivity (Wildman–Crippen MR) is 121 cm³/mol. The lowest BCUT2D eigenvalue weighted by atomic mass is 9.97. The van der Waals surface area contributed by atoms with Gasteiger partial charge in [-0.15, -0.1) is 0 Å². The van der Waals surface area contributed by atoms with E-state index in [1.807, 2.05) is 18.2 Å². The molecule has 2 aromatic carbocycles. The second kappa shape index (κ2) is 11.1. The Morgan fingerprint density at radius 3 is 2.34 bits per heavy atom. The minimum atomic E-state index is -3.40. The standard InChI is InChI=1S/C23H29N3O5S/c27-21-9-4-8-20(16-21)23(29)25-13-5-12-24-22(28)19-10-14-26(15-11-19)32(30,31)17-18-6-2-1-3-7-18/h1-4,6-9,16,19,27H,5,10-15,17H2,(H,24,28)(H,25,29). The first-order valence-electron chi connectivity index (χ1n) is 10.7. The maximum Gasteiger partial charge on any atom is 0.251 e. The van der Waals surface area contributed by atoms with Crippen LogP contribution in [0.3, 0.4) is 0 Å². The third-order valence-corrected chi connectivity index (χ3v) is 7.31. The molecule has 3 N–H and O–H groups in total. The van der Waals surface area contributed by atoms with Crippen LogP contribution < -0.4 is 10.6 Å². The molecule has 172 valence electrons. The normalized spacial score (nSPS) is 15.2. The van der Waals surface area contributed by atoms with Crippen molar-refractivity contribution in [1.82, 2.24) is 14.9 Å². The summed E-state index contributed by atoms with van der Waals surface area (Å²) in [4.78, 5) is 24.4. The van der Waals surface area contributed by atoms with Crippen molar-refractivity contribution < 1.29 is 23.1 Å². The van der Waals surface area contributed by atoms with Crippen LogP contribution in [-0.2, 0) is 20.6 Å². The van der Waals surface area contributed by atoms with E-state index in [1.54, 1.807) is 24.3 Å². The minimum Gasteiger partial charge on any atom is -0.508 e. The Balaban J connectivity index is 1.34. The zero-order valence-corrected chi connectivity index (χ0v) is 18.7. The molecule has 0 aliphatic carbocycles. The molecular formula is C23H29N3O5S. The van der Waals surface area contributed by atoms with Crippen molar-refractivity contribution in [2.45, 2.75) is 25.0 Å². The Hall–Kier alpha value is -2.91. The average molecular weight is 460 g/mol. The van der Waals surface area contributed by atoms with Crippen molar-refractivity contribution in [3.05, 3.63) is 65.7 Å². The number of benzene rings is 2. The van der Waals surface area contributed by atoms with Gasteiger partial charge in [0.25, 0.3) is 5.91 Å². The zero-order valence-electron chi connectivity index (χ0n) is 17.9. The summed E-state index contributed by atoms with van der Waals surface area (Å²) in [6.45, 7) is 1.50. The number of piperidine rings is 1. The number of hydrogen-bond donors (Lipinski definition) is 3. The fourth-order valence-electron chi connectivity index (χ4n) is 3.67. The zero-order chi connectivity index (χ0) is 23.0. The van der Waals surface area contributed by atoms with E-state index in [4.69, 9.17) is 0 Å². The van der Waals surface area contributed by atoms with E-state index in [0.29, 0.717) is 51.0 Å². The number of phenolic OH excluding ortho intramolecular Hbond substituents is 1. The first-order valence-corrected chi connectivity index (χ1v) is 12.3. The molecule has 0 aromatic heterocycles. The molecule has 2 amide bonds. The van der Waals surface area contributed by atoms with E-state index in [2.05, 4.69) is 10.6 Å². The molecule has 2 aromatic rings. The van der Waals surface area contributed by atoms with E-state index in [9.17, 15) is 23.1 Å². The van der Waals surface area contributed by atoms with E-state index in [0.717, 1.165) is 5.56 Å². The van der Waals surface area contributed by atoms with Gasteiger partial charge in [-0.1, -0.05) is 36.4 Å². The van der Waals surface area contributed by atoms with Crippen LogP contribution >= 0.6 is 0 Å². The summed E-state index contributed by atoms with van der Waals surface area (Å²) in [5.74, 6) is -0.566. The fraction of sp³-hybridized carbons (Fsp3) is 0.391. The van der Waals surface area contributed by atoms with E-state index < -0.39 is 10.0 Å². The largest absolute Gasteiger partial charge is 0.508 e. The van der Waals surface area contributed by atoms with Crippen LogP contribution in [0.25, 0.3) is 0 Å². The van der Waals surface area contributed by atoms with Gasteiger partial charge in [0.15, 0.2) is 0 Å². The summed E-state index contributed by atoms with van der Waals surface area (Å²) in [5.41, 5.74) is 1.13. The Morgan fingerprint density at radius 2 is 1.66 bits per heavy atom. The lowest BCUT2D eigenvalue weighted by molar-refractivity contribution is -0.126. The summed E-state index contributed by atoms with van der Waals surface area (Å²) < 4.78 is 26.7. The smallest absolute Gasteiger partial charge is 0.251 e. The van der Waals surface area contributed by atoms with Gasteiger partial charge in [0.1, 0.15) is 5.75 Å². The van der Waals surface area contributed by atoms with Crippen molar-refractivity contribution in [2.75, 3.05) is 26.2 Å². The number of nitrogens with one attached hydrogen (secondary N) is 2. The van der Waals surface area contributed by atoms with Gasteiger partial charge < -0.3 is 15.7 Å². The quantitative estimate of drug-likeness (QED) is 0.495. The molecule has 32 heavy (non-hydrogen) atoms. The number of carbonyl (C=O) groups excluding carboxylic acids is 2. The van der Waals surface area contributed by atoms with Crippen LogP contribution in [0.5, 0.6) is 5.75 Å². The number of rotatable bonds is 9. The van der Waals surface area contributed by atoms with Crippen LogP contribution in [0.1, 0.15) is 35.2 Å². The van der Waals surface area contributed by atoms with E-state index >= 15 is 0 Å². The molecule has 1 aliphatic rings. The van der Waals surface area contributed by atoms with E-state index in [1.165, 1.54) is 16.4 Å². The lowest BCUT2D eigenvalue weighted by Gasteiger charge is -2.30. The van der Waals surface area contributed by atoms with Crippen LogP contribution in [-0.4, -0.2) is 55.8 Å². The van der Waals surface area contributed by atoms with Gasteiger partial charge in [-0.2, -0.15) is 0 Å². The first kappa shape index (κ1) is 23.7. The van der Waals surface area contributed by atoms with Crippen molar-refractivity contribution in [3.63, 3.8) is 0 Å². The minimum absolute atomic E-state index is 0.0287. The van der Waals surface area contributed by atoms with Crippen molar-refractivity contribution in [3.8, 4) is 5.75 Å². The van der Waals surface area contributed by atoms with E-state index in [-0.39, 0.29) is 29.2 Å². The topological polar surface area (TPSA) is 116 Å². The van der Waals surface area contributed by atoms with Crippen LogP contribution in [0.15, 0.2) is 54.6 Å². The molecule has 8 nitrogen and oxygen atoms in total. The molecule has 1 fully saturated rings. The van der Waals surface area contributed by atoms with Gasteiger partial charge in [-0.25, -0.2) is 12.7 Å². The number of hydrogen-bond acceptors (Lipinski definition) is 5. The highest BCUT2D eigenvalue weighted by Gasteiger charge is 2.31. The molecule has 1 saturated heterocycles. The highest BCUT2D eigenvalue weighted by molar-refractivity contribution is 7.88. The van der Waals surface area contributed by atoms with Crippen molar-refractivity contribution in [2.24, 2.45) is 5.92 Å². The maximum absolute atomic E-state index is 12.6. The summed E-state index contributed by atoms with van der Waals surface area (Å²) in [6.07, 6.45) is 1.56. The maximum atomic E-state index is 12.6. The molecule has 1 aliphatic heterocycles. The molecule has 0 spiro atoms. The predicted octanol–water partition coefficient (Wildman–Crippen LogP) is 1.87. The summed E-state index contributed by atoms with van der Waals surface area (Å²) in [7, 11) is -3.40. The lowest BCUT2D eigenvalue weighted by Crippen LogP contribution is -2.43. The molecular weight excluding hydrogens is 430 g/mol. The van der Waals surface area contributed by atoms with Crippen molar-refractivity contribution in [1.29, 1.82) is 0 Å². The molecule has 1 heterocycles. The number of sulfonamides is 1. The third kappa shape index (κ3) is 6.80. The number of carbonyl (C=O) groups is 2. The number of aromatic hydroxyl groups is 1. The Morgan fingerprint density at radius 1 is 0.969 bits per heavy atom. The molecule has 0 saturated carbocycles. The van der Waals surface area contributed by atoms with Gasteiger partial charge in [0.2, 0.25) is 15.9 Å². The van der Waals surface area contributed by atoms with Crippen molar-refractivity contribution >= 4 is 21.8 Å². The summed E-state index contributed by atoms with van der Waals surface area (Å²) >= 11 is 0. The first-order chi connectivity index (χ1) is 15.3. The van der Waals surface area contributed by atoms with Gasteiger partial charge >= 0.3 is 0 Å². The second-order valence-corrected chi connectivity index (χ2v) is 9.83. The monoisotopic (exact) mass is 459 g/mol. The SMILES string of the molecule is O=C(NCCCNC(=O)C1CCN(S(=O)(=O)Cc2ccccc2)CC1)c1cccc(O)c1. The van der Waals surface area contributed by atoms with Gasteiger partial charge in [-0.3, -0.25) is 9.59 Å². The summed E-state index contributed by atoms with van der Waals surface area (Å²) in [5, 5.41) is 15.0. The van der Waals surface area contributed by atoms with Crippen LogP contribution in [0.4, 0.5) is 0 Å². The fourth-order valence-corrected chi connectivity index (χ4v) is 5.23. The molecule has 0 radical (unpaired) electrons. The number of amides is 2. The molecule has 9 heteroatoms. The van der Waals surface area contributed by atoms with Gasteiger partial charge in [0, 0.05) is 37.7 Å². The van der Waals surface area contributed by atoms with Crippen LogP contribution in [0, 0.1) is 5.92 Å². The third-order valence-electron chi connectivity index (χ3n) is 5.46. The molecule has 0 unspecified atom stereocenters. The summed E-state index contributed by atoms with van der Waals surface area (Å²) in [6, 6.07) is 15.2. The van der Waals surface area contributed by atoms with Gasteiger partial charge in [0.05, 0.1) is 5.75 Å². The Labute approximate surface area is 188 Å². The molecule has 0 atom stereocenters. The Bertz CT molecular complexity index is 1020. The Kier molecular flexibility index (Phi) is 8.24. The molecule has 3 rings (SSSR count).